The van der Waals surface area contributed by atoms with Crippen LogP contribution in [0.25, 0.3) is 0 Å². The van der Waals surface area contributed by atoms with Crippen molar-refractivity contribution < 1.29 is 33.7 Å². The van der Waals surface area contributed by atoms with Gasteiger partial charge in [-0.3, -0.25) is 9.59 Å². The lowest BCUT2D eigenvalue weighted by Crippen LogP contribution is -2.58. The van der Waals surface area contributed by atoms with E-state index in [1.165, 1.54) is 12.1 Å². The summed E-state index contributed by atoms with van der Waals surface area (Å²) in [5, 5.41) is 20.2. The first-order valence-corrected chi connectivity index (χ1v) is 7.52. The summed E-state index contributed by atoms with van der Waals surface area (Å²) in [5.41, 5.74) is 0.150. The number of aliphatic hydroxyl groups is 2. The van der Waals surface area contributed by atoms with Crippen molar-refractivity contribution in [2.45, 2.75) is 44.2 Å². The van der Waals surface area contributed by atoms with Gasteiger partial charge in [0.2, 0.25) is 6.30 Å². The molecule has 1 aromatic rings. The summed E-state index contributed by atoms with van der Waals surface area (Å²) >= 11 is 0. The second kappa shape index (κ2) is 5.89. The van der Waals surface area contributed by atoms with Gasteiger partial charge in [-0.25, -0.2) is 9.29 Å². The second-order valence-electron chi connectivity index (χ2n) is 6.25. The summed E-state index contributed by atoms with van der Waals surface area (Å²) in [6.45, 7) is 2.94. The van der Waals surface area contributed by atoms with Gasteiger partial charge in [0.25, 0.3) is 11.8 Å². The van der Waals surface area contributed by atoms with Gasteiger partial charge in [0.15, 0.2) is 5.79 Å². The van der Waals surface area contributed by atoms with E-state index in [1.807, 2.05) is 0 Å². The molecular formula is C16H18FNO6. The highest BCUT2D eigenvalue weighted by molar-refractivity contribution is 6.21. The highest BCUT2D eigenvalue weighted by Gasteiger charge is 2.49. The van der Waals surface area contributed by atoms with Crippen molar-refractivity contribution in [2.24, 2.45) is 0 Å². The maximum absolute atomic E-state index is 14.8. The van der Waals surface area contributed by atoms with E-state index in [4.69, 9.17) is 9.47 Å². The van der Waals surface area contributed by atoms with Crippen LogP contribution in [0.1, 0.15) is 34.6 Å². The van der Waals surface area contributed by atoms with Gasteiger partial charge >= 0.3 is 0 Å². The third-order valence-corrected chi connectivity index (χ3v) is 4.09. The predicted octanol–water partition coefficient (Wildman–Crippen LogP) is 0.451. The van der Waals surface area contributed by atoms with Gasteiger partial charge in [-0.1, -0.05) is 12.1 Å². The Labute approximate surface area is 137 Å². The number of carbonyl (C=O) groups excluding carboxylic acids is 2. The van der Waals surface area contributed by atoms with Crippen LogP contribution in [0.4, 0.5) is 4.39 Å². The minimum Gasteiger partial charge on any atom is -0.388 e. The van der Waals surface area contributed by atoms with Crippen molar-refractivity contribution >= 4 is 11.8 Å². The number of hydrogen-bond acceptors (Lipinski definition) is 6. The van der Waals surface area contributed by atoms with Crippen LogP contribution < -0.4 is 0 Å². The molecular weight excluding hydrogens is 321 g/mol. The fourth-order valence-electron chi connectivity index (χ4n) is 2.86. The summed E-state index contributed by atoms with van der Waals surface area (Å²) in [6.07, 6.45) is -6.90. The van der Waals surface area contributed by atoms with Crippen LogP contribution >= 0.6 is 0 Å². The first kappa shape index (κ1) is 17.0. The van der Waals surface area contributed by atoms with Crippen molar-refractivity contribution in [3.05, 3.63) is 35.4 Å². The molecule has 0 aromatic heterocycles. The Balaban J connectivity index is 1.83. The smallest absolute Gasteiger partial charge is 0.264 e. The molecule has 1 unspecified atom stereocenters. The number of carbonyl (C=O) groups is 2. The van der Waals surface area contributed by atoms with Gasteiger partial charge in [-0.05, 0) is 26.0 Å². The quantitative estimate of drug-likeness (QED) is 0.613. The zero-order chi connectivity index (χ0) is 17.6. The molecule has 7 nitrogen and oxygen atoms in total. The van der Waals surface area contributed by atoms with Gasteiger partial charge in [-0.2, -0.15) is 0 Å². The van der Waals surface area contributed by atoms with Gasteiger partial charge < -0.3 is 19.7 Å². The molecule has 0 bridgehead atoms. The van der Waals surface area contributed by atoms with Crippen LogP contribution in [-0.2, 0) is 9.47 Å². The van der Waals surface area contributed by atoms with Crippen LogP contribution in [0, 0.1) is 0 Å². The lowest BCUT2D eigenvalue weighted by molar-refractivity contribution is -0.323. The molecule has 130 valence electrons. The van der Waals surface area contributed by atoms with Gasteiger partial charge in [-0.15, -0.1) is 0 Å². The van der Waals surface area contributed by atoms with E-state index in [0.29, 0.717) is 4.90 Å². The molecule has 8 heteroatoms. The third kappa shape index (κ3) is 2.71. The molecule has 3 rings (SSSR count). The van der Waals surface area contributed by atoms with Crippen LogP contribution in [0.15, 0.2) is 24.3 Å². The lowest BCUT2D eigenvalue weighted by Gasteiger charge is -2.42. The zero-order valence-corrected chi connectivity index (χ0v) is 13.2. The predicted molar refractivity (Wildman–Crippen MR) is 78.8 cm³/mol. The maximum Gasteiger partial charge on any atom is 0.264 e. The molecule has 0 aliphatic carbocycles. The molecule has 0 saturated carbocycles. The number of halogens is 1. The van der Waals surface area contributed by atoms with Crippen molar-refractivity contribution in [2.75, 3.05) is 6.61 Å². The Morgan fingerprint density at radius 2 is 1.79 bits per heavy atom. The van der Waals surface area contributed by atoms with E-state index in [-0.39, 0.29) is 17.7 Å². The van der Waals surface area contributed by atoms with Crippen molar-refractivity contribution in [3.8, 4) is 0 Å². The maximum atomic E-state index is 14.8. The number of aliphatic hydroxyl groups excluding tert-OH is 2. The van der Waals surface area contributed by atoms with E-state index in [2.05, 4.69) is 0 Å². The Morgan fingerprint density at radius 3 is 2.33 bits per heavy atom. The van der Waals surface area contributed by atoms with E-state index < -0.39 is 42.2 Å². The number of ether oxygens (including phenoxy) is 2. The Hall–Kier alpha value is -1.87. The van der Waals surface area contributed by atoms with Gasteiger partial charge in [0.1, 0.15) is 18.3 Å². The lowest BCUT2D eigenvalue weighted by atomic mass is 10.0. The highest BCUT2D eigenvalue weighted by Crippen LogP contribution is 2.30. The first-order valence-electron chi connectivity index (χ1n) is 7.52. The normalized spacial score (nSPS) is 28.6. The van der Waals surface area contributed by atoms with Crippen LogP contribution in [0.3, 0.4) is 0 Å². The molecule has 2 aliphatic rings. The Kier molecular flexibility index (Phi) is 4.16. The molecule has 1 fully saturated rings. The topological polar surface area (TPSA) is 96.3 Å². The highest BCUT2D eigenvalue weighted by atomic mass is 19.1. The number of hydrogen-bond donors (Lipinski definition) is 2. The van der Waals surface area contributed by atoms with E-state index in [1.54, 1.807) is 26.0 Å². The summed E-state index contributed by atoms with van der Waals surface area (Å²) in [7, 11) is 0. The number of rotatable bonds is 3. The molecule has 2 amide bonds. The molecule has 1 saturated heterocycles. The number of alkyl halides is 1. The standard InChI is InChI=1S/C16H18FNO6/c1-16(2)23-7-10(19)12(24-16)11(20)13(17)18-14(21)8-5-3-4-6-9(8)15(18)22/h3-6,10-13,19-20H,7H2,1-2H3/t10-,11-,12?,13-/m1/s1. The fraction of sp³-hybridized carbons (Fsp3) is 0.500. The largest absolute Gasteiger partial charge is 0.388 e. The second-order valence-corrected chi connectivity index (χ2v) is 6.25. The minimum absolute atomic E-state index is 0.0751. The number of benzene rings is 1. The SMILES string of the molecule is CC1(C)OC[C@@H](O)C([C@@H](O)[C@H](F)N2C(=O)c3ccccc3C2=O)O1. The van der Waals surface area contributed by atoms with Crippen molar-refractivity contribution in [3.63, 3.8) is 0 Å². The van der Waals surface area contributed by atoms with Gasteiger partial charge in [0, 0.05) is 0 Å². The fourth-order valence-corrected chi connectivity index (χ4v) is 2.86. The van der Waals surface area contributed by atoms with Crippen LogP contribution in [0.5, 0.6) is 0 Å². The monoisotopic (exact) mass is 339 g/mol. The zero-order valence-electron chi connectivity index (χ0n) is 13.2. The summed E-state index contributed by atoms with van der Waals surface area (Å²) in [6, 6.07) is 5.95. The summed E-state index contributed by atoms with van der Waals surface area (Å²) in [4.78, 5) is 24.9. The van der Waals surface area contributed by atoms with E-state index >= 15 is 0 Å². The molecule has 1 aromatic carbocycles. The van der Waals surface area contributed by atoms with Crippen molar-refractivity contribution in [1.29, 1.82) is 0 Å². The molecule has 24 heavy (non-hydrogen) atoms. The van der Waals surface area contributed by atoms with E-state index in [0.717, 1.165) is 0 Å². The molecule has 2 heterocycles. The first-order chi connectivity index (χ1) is 11.2. The Bertz CT molecular complexity index is 643. The Morgan fingerprint density at radius 1 is 1.25 bits per heavy atom. The minimum atomic E-state index is -2.36. The number of amides is 2. The third-order valence-electron chi connectivity index (χ3n) is 4.09. The van der Waals surface area contributed by atoms with Gasteiger partial charge in [0.05, 0.1) is 17.7 Å². The van der Waals surface area contributed by atoms with E-state index in [9.17, 15) is 24.2 Å². The average molecular weight is 339 g/mol. The molecule has 4 atom stereocenters. The molecule has 0 spiro atoms. The van der Waals surface area contributed by atoms with Crippen molar-refractivity contribution in [1.82, 2.24) is 4.90 Å². The number of fused-ring (bicyclic) bond motifs is 1. The van der Waals surface area contributed by atoms with Crippen LogP contribution in [-0.4, -0.2) is 63.9 Å². The average Bonchev–Trinajstić information content (AvgIpc) is 2.80. The molecule has 0 radical (unpaired) electrons. The number of nitrogens with zero attached hydrogens (tertiary/aromatic N) is 1. The molecule has 2 aliphatic heterocycles. The summed E-state index contributed by atoms with van der Waals surface area (Å²) in [5.74, 6) is -2.79. The molecule has 2 N–H and O–H groups in total. The summed E-state index contributed by atoms with van der Waals surface area (Å²) < 4.78 is 25.3. The van der Waals surface area contributed by atoms with Crippen LogP contribution in [0.2, 0.25) is 0 Å². The number of imide groups is 1.